The summed E-state index contributed by atoms with van der Waals surface area (Å²) in [5.74, 6) is 0.450. The van der Waals surface area contributed by atoms with Crippen LogP contribution in [-0.2, 0) is 12.0 Å². The summed E-state index contributed by atoms with van der Waals surface area (Å²) in [7, 11) is 0. The minimum absolute atomic E-state index is 0. The molecule has 1 N–H and O–H groups in total. The van der Waals surface area contributed by atoms with E-state index in [-0.39, 0.29) is 12.4 Å². The van der Waals surface area contributed by atoms with Gasteiger partial charge >= 0.3 is 0 Å². The molecule has 2 aliphatic heterocycles. The largest absolute Gasteiger partial charge is 0.508 e. The van der Waals surface area contributed by atoms with Crippen LogP contribution < -0.4 is 0 Å². The molecule has 2 fully saturated rings. The maximum absolute atomic E-state index is 9.86. The zero-order valence-corrected chi connectivity index (χ0v) is 12.1. The molecule has 1 saturated heterocycles. The van der Waals surface area contributed by atoms with E-state index in [9.17, 15) is 5.11 Å². The number of nitrogens with zero attached hydrogens (tertiary/aromatic N) is 1. The molecule has 104 valence electrons. The summed E-state index contributed by atoms with van der Waals surface area (Å²) < 4.78 is 0. The average molecular weight is 280 g/mol. The van der Waals surface area contributed by atoms with Crippen molar-refractivity contribution in [2.75, 3.05) is 6.54 Å². The predicted octanol–water partition coefficient (Wildman–Crippen LogP) is 3.60. The van der Waals surface area contributed by atoms with Gasteiger partial charge in [-0.15, -0.1) is 12.4 Å². The molecule has 3 unspecified atom stereocenters. The second kappa shape index (κ2) is 4.68. The number of phenols is 1. The normalized spacial score (nSPS) is 35.8. The fourth-order valence-electron chi connectivity index (χ4n) is 4.82. The van der Waals surface area contributed by atoms with Gasteiger partial charge in [-0.05, 0) is 55.5 Å². The van der Waals surface area contributed by atoms with Gasteiger partial charge in [-0.25, -0.2) is 0 Å². The van der Waals surface area contributed by atoms with Crippen molar-refractivity contribution >= 4 is 12.4 Å². The van der Waals surface area contributed by atoms with Gasteiger partial charge in [0.15, 0.2) is 0 Å². The highest BCUT2D eigenvalue weighted by Crippen LogP contribution is 2.52. The summed E-state index contributed by atoms with van der Waals surface area (Å²) in [5.41, 5.74) is 3.30. The molecule has 1 aliphatic carbocycles. The third-order valence-corrected chi connectivity index (χ3v) is 5.50. The molecule has 2 bridgehead atoms. The lowest BCUT2D eigenvalue weighted by atomic mass is 9.58. The van der Waals surface area contributed by atoms with Crippen molar-refractivity contribution in [3.63, 3.8) is 0 Å². The van der Waals surface area contributed by atoms with Gasteiger partial charge in [0.25, 0.3) is 0 Å². The first-order valence-electron chi connectivity index (χ1n) is 7.36. The second-order valence-electron chi connectivity index (χ2n) is 6.33. The number of fused-ring (bicyclic) bond motifs is 1. The second-order valence-corrected chi connectivity index (χ2v) is 6.33. The first-order chi connectivity index (χ1) is 8.79. The highest BCUT2D eigenvalue weighted by molar-refractivity contribution is 5.85. The lowest BCUT2D eigenvalue weighted by molar-refractivity contribution is 0.0116. The van der Waals surface area contributed by atoms with Crippen molar-refractivity contribution in [1.29, 1.82) is 0 Å². The molecule has 0 amide bonds. The van der Waals surface area contributed by atoms with Crippen LogP contribution in [0.4, 0.5) is 0 Å². The maximum atomic E-state index is 9.86. The number of phenolic OH excluding ortho intramolecular Hbond substituents is 1. The van der Waals surface area contributed by atoms with Crippen LogP contribution in [0.5, 0.6) is 5.75 Å². The summed E-state index contributed by atoms with van der Waals surface area (Å²) >= 11 is 0. The van der Waals surface area contributed by atoms with Crippen LogP contribution >= 0.6 is 12.4 Å². The fraction of sp³-hybridized carbons (Fsp3) is 0.625. The zero-order chi connectivity index (χ0) is 12.2. The Hall–Kier alpha value is -0.730. The Bertz CT molecular complexity index is 486. The van der Waals surface area contributed by atoms with Crippen LogP contribution in [0.3, 0.4) is 0 Å². The van der Waals surface area contributed by atoms with Gasteiger partial charge in [0.05, 0.1) is 0 Å². The van der Waals surface area contributed by atoms with E-state index in [2.05, 4.69) is 17.0 Å². The molecule has 1 saturated carbocycles. The van der Waals surface area contributed by atoms with Crippen molar-refractivity contribution in [2.24, 2.45) is 0 Å². The summed E-state index contributed by atoms with van der Waals surface area (Å²) in [4.78, 5) is 2.71. The Kier molecular flexibility index (Phi) is 3.26. The van der Waals surface area contributed by atoms with Crippen molar-refractivity contribution < 1.29 is 5.11 Å². The van der Waals surface area contributed by atoms with Crippen molar-refractivity contribution in [2.45, 2.75) is 56.5 Å². The van der Waals surface area contributed by atoms with E-state index in [4.69, 9.17) is 0 Å². The van der Waals surface area contributed by atoms with Gasteiger partial charge in [0.2, 0.25) is 0 Å². The highest BCUT2D eigenvalue weighted by Gasteiger charge is 2.50. The van der Waals surface area contributed by atoms with Gasteiger partial charge in [0.1, 0.15) is 5.75 Å². The third kappa shape index (κ3) is 1.80. The standard InChI is InChI=1S/C16H21NO.ClH/c18-13-6-5-12-11-17-9-3-8-16(14(12)10-13)7-2-1-4-15(16)17;/h5-6,10,15,18H,1-4,7-9,11H2;1H. The topological polar surface area (TPSA) is 23.5 Å². The number of rotatable bonds is 0. The molecular formula is C16H22ClNO. The molecule has 1 aromatic carbocycles. The third-order valence-electron chi connectivity index (χ3n) is 5.50. The predicted molar refractivity (Wildman–Crippen MR) is 78.9 cm³/mol. The van der Waals surface area contributed by atoms with Gasteiger partial charge in [-0.2, -0.15) is 0 Å². The zero-order valence-electron chi connectivity index (χ0n) is 11.3. The average Bonchev–Trinajstić information content (AvgIpc) is 2.40. The SMILES string of the molecule is Cl.Oc1ccc2c(c1)C13CCCCC1N(CCC3)C2. The monoisotopic (exact) mass is 279 g/mol. The molecule has 0 spiro atoms. The summed E-state index contributed by atoms with van der Waals surface area (Å²) in [6.45, 7) is 2.37. The van der Waals surface area contributed by atoms with Gasteiger partial charge in [-0.1, -0.05) is 18.9 Å². The highest BCUT2D eigenvalue weighted by atomic mass is 35.5. The van der Waals surface area contributed by atoms with Crippen LogP contribution in [-0.4, -0.2) is 22.6 Å². The Morgan fingerprint density at radius 2 is 2.00 bits per heavy atom. The van der Waals surface area contributed by atoms with E-state index in [1.54, 1.807) is 0 Å². The lowest BCUT2D eigenvalue weighted by Crippen LogP contribution is -2.59. The summed E-state index contributed by atoms with van der Waals surface area (Å²) in [6, 6.07) is 6.82. The first kappa shape index (κ1) is 13.3. The Morgan fingerprint density at radius 1 is 1.16 bits per heavy atom. The number of halogens is 1. The van der Waals surface area contributed by atoms with E-state index < -0.39 is 0 Å². The summed E-state index contributed by atoms with van der Waals surface area (Å²) in [6.07, 6.45) is 8.08. The Morgan fingerprint density at radius 3 is 2.89 bits per heavy atom. The number of hydrogen-bond acceptors (Lipinski definition) is 2. The number of aromatic hydroxyl groups is 1. The molecule has 2 heterocycles. The van der Waals surface area contributed by atoms with Gasteiger partial charge < -0.3 is 5.11 Å². The molecule has 3 atom stereocenters. The van der Waals surface area contributed by atoms with E-state index in [1.807, 2.05) is 6.07 Å². The minimum Gasteiger partial charge on any atom is -0.508 e. The van der Waals surface area contributed by atoms with E-state index >= 15 is 0 Å². The quantitative estimate of drug-likeness (QED) is 0.784. The van der Waals surface area contributed by atoms with Gasteiger partial charge in [-0.3, -0.25) is 4.90 Å². The Balaban J connectivity index is 0.00000110. The van der Waals surface area contributed by atoms with Crippen LogP contribution in [0.15, 0.2) is 18.2 Å². The van der Waals surface area contributed by atoms with Crippen LogP contribution in [0.1, 0.15) is 49.7 Å². The summed E-state index contributed by atoms with van der Waals surface area (Å²) in [5, 5.41) is 9.86. The number of hydrogen-bond donors (Lipinski definition) is 1. The molecule has 3 heteroatoms. The van der Waals surface area contributed by atoms with Crippen molar-refractivity contribution in [1.82, 2.24) is 4.90 Å². The van der Waals surface area contributed by atoms with Crippen molar-refractivity contribution in [3.8, 4) is 5.75 Å². The molecule has 3 aliphatic rings. The van der Waals surface area contributed by atoms with Gasteiger partial charge in [0, 0.05) is 18.0 Å². The molecule has 1 aromatic rings. The molecule has 0 aromatic heterocycles. The number of benzene rings is 1. The van der Waals surface area contributed by atoms with E-state index in [0.29, 0.717) is 11.2 Å². The van der Waals surface area contributed by atoms with E-state index in [1.165, 1.54) is 56.2 Å². The molecule has 2 nitrogen and oxygen atoms in total. The van der Waals surface area contributed by atoms with E-state index in [0.717, 1.165) is 12.6 Å². The van der Waals surface area contributed by atoms with Crippen molar-refractivity contribution in [3.05, 3.63) is 29.3 Å². The molecule has 4 rings (SSSR count). The molecule has 0 radical (unpaired) electrons. The van der Waals surface area contributed by atoms with Crippen LogP contribution in [0.25, 0.3) is 0 Å². The maximum Gasteiger partial charge on any atom is 0.115 e. The minimum atomic E-state index is 0. The lowest BCUT2D eigenvalue weighted by Gasteiger charge is -2.57. The first-order valence-corrected chi connectivity index (χ1v) is 7.36. The molecular weight excluding hydrogens is 258 g/mol. The molecule has 19 heavy (non-hydrogen) atoms. The Labute approximate surface area is 121 Å². The number of piperidine rings is 1. The smallest absolute Gasteiger partial charge is 0.115 e. The fourth-order valence-corrected chi connectivity index (χ4v) is 4.82. The van der Waals surface area contributed by atoms with Crippen LogP contribution in [0.2, 0.25) is 0 Å². The van der Waals surface area contributed by atoms with Crippen LogP contribution in [0, 0.1) is 0 Å².